The van der Waals surface area contributed by atoms with Crippen LogP contribution in [0.1, 0.15) is 0 Å². The molecule has 3 nitrogen and oxygen atoms in total. The number of hydrogen-bond acceptors (Lipinski definition) is 3. The average molecular weight is 315 g/mol. The van der Waals surface area contributed by atoms with Gasteiger partial charge >= 0.3 is 0 Å². The summed E-state index contributed by atoms with van der Waals surface area (Å²) in [5.74, 6) is 1.37. The van der Waals surface area contributed by atoms with Gasteiger partial charge in [0.1, 0.15) is 5.75 Å². The van der Waals surface area contributed by atoms with Crippen LogP contribution in [0.3, 0.4) is 0 Å². The van der Waals surface area contributed by atoms with Crippen molar-refractivity contribution in [2.45, 2.75) is 0 Å². The Kier molecular flexibility index (Phi) is 3.09. The SMILES string of the molecule is Nc1c(Oc2ccccc2Br)ccc2ncccc12. The van der Waals surface area contributed by atoms with Gasteiger partial charge in [-0.15, -0.1) is 0 Å². The first kappa shape index (κ1) is 12.0. The van der Waals surface area contributed by atoms with Crippen molar-refractivity contribution in [2.75, 3.05) is 5.73 Å². The second-order valence-electron chi connectivity index (χ2n) is 4.08. The lowest BCUT2D eigenvalue weighted by atomic mass is 10.1. The van der Waals surface area contributed by atoms with E-state index in [1.165, 1.54) is 0 Å². The van der Waals surface area contributed by atoms with Gasteiger partial charge in [0, 0.05) is 11.6 Å². The minimum absolute atomic E-state index is 0.598. The van der Waals surface area contributed by atoms with E-state index in [1.807, 2.05) is 48.5 Å². The molecule has 0 aliphatic carbocycles. The first-order chi connectivity index (χ1) is 9.25. The summed E-state index contributed by atoms with van der Waals surface area (Å²) in [6.45, 7) is 0. The third-order valence-electron chi connectivity index (χ3n) is 2.84. The molecule has 0 unspecified atom stereocenters. The first-order valence-electron chi connectivity index (χ1n) is 5.81. The van der Waals surface area contributed by atoms with E-state index in [0.717, 1.165) is 21.1 Å². The Hall–Kier alpha value is -2.07. The number of halogens is 1. The number of para-hydroxylation sites is 1. The van der Waals surface area contributed by atoms with Gasteiger partial charge in [-0.2, -0.15) is 0 Å². The van der Waals surface area contributed by atoms with Gasteiger partial charge in [0.2, 0.25) is 0 Å². The number of benzene rings is 2. The molecule has 94 valence electrons. The number of ether oxygens (including phenoxy) is 1. The Morgan fingerprint density at radius 1 is 0.947 bits per heavy atom. The monoisotopic (exact) mass is 314 g/mol. The predicted octanol–water partition coefficient (Wildman–Crippen LogP) is 4.37. The summed E-state index contributed by atoms with van der Waals surface area (Å²) in [5.41, 5.74) is 7.60. The van der Waals surface area contributed by atoms with Crippen molar-refractivity contribution in [3.63, 3.8) is 0 Å². The minimum atomic E-state index is 0.598. The fourth-order valence-electron chi connectivity index (χ4n) is 1.89. The summed E-state index contributed by atoms with van der Waals surface area (Å²) in [4.78, 5) is 4.26. The second kappa shape index (κ2) is 4.90. The Morgan fingerprint density at radius 3 is 2.63 bits per heavy atom. The number of hydrogen-bond donors (Lipinski definition) is 1. The number of pyridine rings is 1. The fourth-order valence-corrected chi connectivity index (χ4v) is 2.26. The fraction of sp³-hybridized carbons (Fsp3) is 0. The molecule has 0 spiro atoms. The van der Waals surface area contributed by atoms with Gasteiger partial charge < -0.3 is 10.5 Å². The zero-order valence-corrected chi connectivity index (χ0v) is 11.6. The van der Waals surface area contributed by atoms with Crippen molar-refractivity contribution in [3.8, 4) is 11.5 Å². The maximum Gasteiger partial charge on any atom is 0.151 e. The molecule has 19 heavy (non-hydrogen) atoms. The largest absolute Gasteiger partial charge is 0.454 e. The van der Waals surface area contributed by atoms with Crippen LogP contribution in [0.5, 0.6) is 11.5 Å². The zero-order chi connectivity index (χ0) is 13.2. The summed E-state index contributed by atoms with van der Waals surface area (Å²) in [6.07, 6.45) is 1.75. The van der Waals surface area contributed by atoms with E-state index in [9.17, 15) is 0 Å². The molecule has 0 fully saturated rings. The van der Waals surface area contributed by atoms with E-state index in [-0.39, 0.29) is 0 Å². The van der Waals surface area contributed by atoms with Gasteiger partial charge in [0.05, 0.1) is 15.7 Å². The lowest BCUT2D eigenvalue weighted by molar-refractivity contribution is 0.482. The number of nitrogens with two attached hydrogens (primary N) is 1. The second-order valence-corrected chi connectivity index (χ2v) is 4.93. The molecule has 3 rings (SSSR count). The lowest BCUT2D eigenvalue weighted by Gasteiger charge is -2.11. The van der Waals surface area contributed by atoms with Crippen LogP contribution in [-0.4, -0.2) is 4.98 Å². The predicted molar refractivity (Wildman–Crippen MR) is 80.4 cm³/mol. The molecule has 2 aromatic carbocycles. The van der Waals surface area contributed by atoms with Crippen LogP contribution in [0.15, 0.2) is 59.2 Å². The van der Waals surface area contributed by atoms with Crippen LogP contribution < -0.4 is 10.5 Å². The molecule has 0 radical (unpaired) electrons. The maximum absolute atomic E-state index is 6.14. The Labute approximate surface area is 119 Å². The number of fused-ring (bicyclic) bond motifs is 1. The molecule has 4 heteroatoms. The Morgan fingerprint density at radius 2 is 1.79 bits per heavy atom. The zero-order valence-electron chi connectivity index (χ0n) is 10.0. The van der Waals surface area contributed by atoms with Crippen molar-refractivity contribution in [2.24, 2.45) is 0 Å². The van der Waals surface area contributed by atoms with E-state index >= 15 is 0 Å². The van der Waals surface area contributed by atoms with E-state index in [4.69, 9.17) is 10.5 Å². The summed E-state index contributed by atoms with van der Waals surface area (Å²) < 4.78 is 6.74. The highest BCUT2D eigenvalue weighted by molar-refractivity contribution is 9.10. The summed E-state index contributed by atoms with van der Waals surface area (Å²) in [5, 5.41) is 0.895. The number of nitrogens with zero attached hydrogens (tertiary/aromatic N) is 1. The van der Waals surface area contributed by atoms with Gasteiger partial charge in [-0.25, -0.2) is 0 Å². The molecule has 2 N–H and O–H groups in total. The van der Waals surface area contributed by atoms with Crippen molar-refractivity contribution >= 4 is 32.5 Å². The third-order valence-corrected chi connectivity index (χ3v) is 3.50. The van der Waals surface area contributed by atoms with Crippen LogP contribution in [0.25, 0.3) is 10.9 Å². The van der Waals surface area contributed by atoms with E-state index < -0.39 is 0 Å². The molecule has 0 aliphatic rings. The molecule has 3 aromatic rings. The molecule has 0 saturated carbocycles. The third kappa shape index (κ3) is 2.27. The molecule has 1 heterocycles. The van der Waals surface area contributed by atoms with Crippen molar-refractivity contribution in [1.82, 2.24) is 4.98 Å². The highest BCUT2D eigenvalue weighted by Gasteiger charge is 2.08. The quantitative estimate of drug-likeness (QED) is 0.714. The summed E-state index contributed by atoms with van der Waals surface area (Å²) >= 11 is 3.45. The van der Waals surface area contributed by atoms with Crippen LogP contribution >= 0.6 is 15.9 Å². The molecule has 0 amide bonds. The topological polar surface area (TPSA) is 48.1 Å². The lowest BCUT2D eigenvalue weighted by Crippen LogP contribution is -1.94. The molecule has 0 bridgehead atoms. The molecular formula is C15H11BrN2O. The molecular weight excluding hydrogens is 304 g/mol. The number of anilines is 1. The van der Waals surface area contributed by atoms with Crippen molar-refractivity contribution in [1.29, 1.82) is 0 Å². The van der Waals surface area contributed by atoms with E-state index in [1.54, 1.807) is 6.20 Å². The van der Waals surface area contributed by atoms with Crippen LogP contribution in [0.4, 0.5) is 5.69 Å². The number of aromatic nitrogens is 1. The van der Waals surface area contributed by atoms with Crippen LogP contribution in [0.2, 0.25) is 0 Å². The van der Waals surface area contributed by atoms with Gasteiger partial charge in [-0.3, -0.25) is 4.98 Å². The highest BCUT2D eigenvalue weighted by Crippen LogP contribution is 2.35. The summed E-state index contributed by atoms with van der Waals surface area (Å²) in [7, 11) is 0. The Balaban J connectivity index is 2.07. The van der Waals surface area contributed by atoms with Gasteiger partial charge in [0.25, 0.3) is 0 Å². The minimum Gasteiger partial charge on any atom is -0.454 e. The van der Waals surface area contributed by atoms with Crippen molar-refractivity contribution < 1.29 is 4.74 Å². The standard InChI is InChI=1S/C15H11BrN2O/c16-11-5-1-2-6-13(11)19-14-8-7-12-10(15(14)17)4-3-9-18-12/h1-9H,17H2. The number of rotatable bonds is 2. The van der Waals surface area contributed by atoms with Gasteiger partial charge in [0.15, 0.2) is 5.75 Å². The molecule has 0 atom stereocenters. The average Bonchev–Trinajstić information content (AvgIpc) is 2.44. The molecule has 0 saturated heterocycles. The Bertz CT molecular complexity index is 743. The van der Waals surface area contributed by atoms with E-state index in [0.29, 0.717) is 11.4 Å². The normalized spacial score (nSPS) is 10.6. The maximum atomic E-state index is 6.14. The van der Waals surface area contributed by atoms with Gasteiger partial charge in [-0.05, 0) is 52.3 Å². The van der Waals surface area contributed by atoms with Crippen molar-refractivity contribution in [3.05, 3.63) is 59.2 Å². The van der Waals surface area contributed by atoms with Crippen LogP contribution in [-0.2, 0) is 0 Å². The van der Waals surface area contributed by atoms with E-state index in [2.05, 4.69) is 20.9 Å². The number of nitrogen functional groups attached to an aromatic ring is 1. The smallest absolute Gasteiger partial charge is 0.151 e. The first-order valence-corrected chi connectivity index (χ1v) is 6.60. The molecule has 0 aliphatic heterocycles. The molecule has 1 aromatic heterocycles. The van der Waals surface area contributed by atoms with Crippen LogP contribution in [0, 0.1) is 0 Å². The highest BCUT2D eigenvalue weighted by atomic mass is 79.9. The van der Waals surface area contributed by atoms with Gasteiger partial charge in [-0.1, -0.05) is 12.1 Å². The summed E-state index contributed by atoms with van der Waals surface area (Å²) in [6, 6.07) is 15.2.